The Labute approximate surface area is 154 Å². The molecule has 130 valence electrons. The van der Waals surface area contributed by atoms with E-state index >= 15 is 0 Å². The van der Waals surface area contributed by atoms with Gasteiger partial charge in [0.15, 0.2) is 0 Å². The first kappa shape index (κ1) is 18.6. The molecule has 0 aliphatic carbocycles. The number of urea groups is 1. The molecule has 0 fully saturated rings. The van der Waals surface area contributed by atoms with Crippen molar-refractivity contribution >= 4 is 33.3 Å². The van der Waals surface area contributed by atoms with E-state index in [1.165, 1.54) is 0 Å². The highest BCUT2D eigenvalue weighted by molar-refractivity contribution is 9.10. The van der Waals surface area contributed by atoms with Crippen LogP contribution in [0.4, 0.5) is 4.79 Å². The van der Waals surface area contributed by atoms with E-state index in [1.807, 2.05) is 29.6 Å². The van der Waals surface area contributed by atoms with Gasteiger partial charge in [0.05, 0.1) is 20.8 Å². The highest BCUT2D eigenvalue weighted by atomic mass is 79.9. The van der Waals surface area contributed by atoms with E-state index in [0.29, 0.717) is 19.5 Å². The number of carbonyl (C=O) groups is 1. The van der Waals surface area contributed by atoms with Crippen LogP contribution in [0.25, 0.3) is 0 Å². The Morgan fingerprint density at radius 1 is 1.29 bits per heavy atom. The minimum absolute atomic E-state index is 0.0959. The van der Waals surface area contributed by atoms with Gasteiger partial charge in [-0.05, 0) is 52.2 Å². The Kier molecular flexibility index (Phi) is 6.93. The second-order valence-corrected chi connectivity index (χ2v) is 7.16. The van der Waals surface area contributed by atoms with Crippen LogP contribution in [0.5, 0.6) is 11.5 Å². The maximum absolute atomic E-state index is 12.2. The molecule has 1 heterocycles. The average molecular weight is 413 g/mol. The number of hydrogen-bond acceptors (Lipinski definition) is 4. The number of halogens is 1. The Morgan fingerprint density at radius 3 is 2.71 bits per heavy atom. The number of amides is 2. The van der Waals surface area contributed by atoms with Crippen molar-refractivity contribution in [3.8, 4) is 11.5 Å². The van der Waals surface area contributed by atoms with E-state index in [-0.39, 0.29) is 6.03 Å². The lowest BCUT2D eigenvalue weighted by atomic mass is 10.1. The monoisotopic (exact) mass is 412 g/mol. The van der Waals surface area contributed by atoms with Crippen LogP contribution in [0.15, 0.2) is 34.1 Å². The molecule has 2 aromatic rings. The Bertz CT molecular complexity index is 690. The van der Waals surface area contributed by atoms with E-state index in [1.54, 1.807) is 37.5 Å². The SMILES string of the molecule is COc1ccc(OC)c(CCNC(=O)N(C)Cc2cc(Br)cs2)c1. The van der Waals surface area contributed by atoms with Crippen molar-refractivity contribution in [2.75, 3.05) is 27.8 Å². The molecule has 2 rings (SSSR count). The first-order valence-electron chi connectivity index (χ1n) is 7.46. The minimum atomic E-state index is -0.0959. The van der Waals surface area contributed by atoms with E-state index < -0.39 is 0 Å². The topological polar surface area (TPSA) is 50.8 Å². The van der Waals surface area contributed by atoms with E-state index in [9.17, 15) is 4.79 Å². The molecule has 1 N–H and O–H groups in total. The van der Waals surface area contributed by atoms with Crippen molar-refractivity contribution in [1.82, 2.24) is 10.2 Å². The van der Waals surface area contributed by atoms with Gasteiger partial charge in [-0.2, -0.15) is 0 Å². The van der Waals surface area contributed by atoms with Crippen LogP contribution in [0, 0.1) is 0 Å². The fraction of sp³-hybridized carbons (Fsp3) is 0.353. The summed E-state index contributed by atoms with van der Waals surface area (Å²) in [5.41, 5.74) is 1.00. The van der Waals surface area contributed by atoms with Crippen molar-refractivity contribution in [3.05, 3.63) is 44.6 Å². The summed E-state index contributed by atoms with van der Waals surface area (Å²) in [5, 5.41) is 4.94. The third-order valence-corrected chi connectivity index (χ3v) is 5.20. The van der Waals surface area contributed by atoms with Crippen LogP contribution in [-0.2, 0) is 13.0 Å². The zero-order valence-corrected chi connectivity index (χ0v) is 16.4. The van der Waals surface area contributed by atoms with E-state index in [2.05, 4.69) is 21.2 Å². The van der Waals surface area contributed by atoms with E-state index in [0.717, 1.165) is 26.4 Å². The molecule has 0 atom stereocenters. The van der Waals surface area contributed by atoms with Crippen LogP contribution in [0.3, 0.4) is 0 Å². The van der Waals surface area contributed by atoms with Crippen LogP contribution >= 0.6 is 27.3 Å². The van der Waals surface area contributed by atoms with Gasteiger partial charge in [-0.3, -0.25) is 0 Å². The number of nitrogens with one attached hydrogen (secondary N) is 1. The predicted molar refractivity (Wildman–Crippen MR) is 100 cm³/mol. The summed E-state index contributed by atoms with van der Waals surface area (Å²) >= 11 is 5.05. The third-order valence-electron chi connectivity index (χ3n) is 3.52. The maximum Gasteiger partial charge on any atom is 0.317 e. The molecule has 0 unspecified atom stereocenters. The van der Waals surface area contributed by atoms with Crippen LogP contribution in [0.1, 0.15) is 10.4 Å². The van der Waals surface area contributed by atoms with Crippen molar-refractivity contribution in [2.45, 2.75) is 13.0 Å². The molecule has 1 aromatic carbocycles. The maximum atomic E-state index is 12.2. The normalized spacial score (nSPS) is 10.3. The van der Waals surface area contributed by atoms with Gasteiger partial charge in [-0.1, -0.05) is 0 Å². The Hall–Kier alpha value is -1.73. The molecule has 24 heavy (non-hydrogen) atoms. The van der Waals surface area contributed by atoms with Gasteiger partial charge in [-0.15, -0.1) is 11.3 Å². The largest absolute Gasteiger partial charge is 0.497 e. The van der Waals surface area contributed by atoms with Gasteiger partial charge < -0.3 is 19.7 Å². The predicted octanol–water partition coefficient (Wildman–Crippen LogP) is 3.91. The van der Waals surface area contributed by atoms with Crippen molar-refractivity contribution in [2.24, 2.45) is 0 Å². The molecule has 0 saturated heterocycles. The molecule has 0 spiro atoms. The van der Waals surface area contributed by atoms with Gasteiger partial charge in [0.25, 0.3) is 0 Å². The summed E-state index contributed by atoms with van der Waals surface area (Å²) in [7, 11) is 5.05. The summed E-state index contributed by atoms with van der Waals surface area (Å²) < 4.78 is 11.6. The zero-order valence-electron chi connectivity index (χ0n) is 14.0. The number of rotatable bonds is 7. The smallest absolute Gasteiger partial charge is 0.317 e. The first-order valence-corrected chi connectivity index (χ1v) is 9.13. The lowest BCUT2D eigenvalue weighted by molar-refractivity contribution is 0.207. The second-order valence-electron chi connectivity index (χ2n) is 5.25. The number of benzene rings is 1. The lowest BCUT2D eigenvalue weighted by Gasteiger charge is -2.17. The summed E-state index contributed by atoms with van der Waals surface area (Å²) in [6.45, 7) is 1.12. The molecule has 1 aromatic heterocycles. The summed E-state index contributed by atoms with van der Waals surface area (Å²) in [6, 6.07) is 7.58. The first-order chi connectivity index (χ1) is 11.5. The highest BCUT2D eigenvalue weighted by Crippen LogP contribution is 2.24. The second kappa shape index (κ2) is 8.94. The number of ether oxygens (including phenoxy) is 2. The minimum Gasteiger partial charge on any atom is -0.497 e. The highest BCUT2D eigenvalue weighted by Gasteiger charge is 2.11. The molecule has 5 nitrogen and oxygen atoms in total. The molecular formula is C17H21BrN2O3S. The Balaban J connectivity index is 1.85. The van der Waals surface area contributed by atoms with Crippen molar-refractivity contribution in [1.29, 1.82) is 0 Å². The molecule has 0 radical (unpaired) electrons. The summed E-state index contributed by atoms with van der Waals surface area (Å²) in [4.78, 5) is 15.0. The van der Waals surface area contributed by atoms with Gasteiger partial charge >= 0.3 is 6.03 Å². The Morgan fingerprint density at radius 2 is 2.08 bits per heavy atom. The van der Waals surface area contributed by atoms with Crippen LogP contribution in [0.2, 0.25) is 0 Å². The molecular weight excluding hydrogens is 392 g/mol. The van der Waals surface area contributed by atoms with Crippen LogP contribution in [-0.4, -0.2) is 38.7 Å². The lowest BCUT2D eigenvalue weighted by Crippen LogP contribution is -2.37. The average Bonchev–Trinajstić information content (AvgIpc) is 2.99. The molecule has 2 amide bonds. The third kappa shape index (κ3) is 5.14. The number of hydrogen-bond donors (Lipinski definition) is 1. The quantitative estimate of drug-likeness (QED) is 0.749. The van der Waals surface area contributed by atoms with Crippen LogP contribution < -0.4 is 14.8 Å². The molecule has 0 aliphatic heterocycles. The number of methoxy groups -OCH3 is 2. The van der Waals surface area contributed by atoms with Gasteiger partial charge in [0, 0.05) is 28.3 Å². The molecule has 0 bridgehead atoms. The van der Waals surface area contributed by atoms with Crippen molar-refractivity contribution < 1.29 is 14.3 Å². The van der Waals surface area contributed by atoms with Gasteiger partial charge in [-0.25, -0.2) is 4.79 Å². The van der Waals surface area contributed by atoms with Gasteiger partial charge in [0.1, 0.15) is 11.5 Å². The van der Waals surface area contributed by atoms with Gasteiger partial charge in [0.2, 0.25) is 0 Å². The zero-order chi connectivity index (χ0) is 17.5. The fourth-order valence-corrected chi connectivity index (χ4v) is 3.76. The molecule has 7 heteroatoms. The fourth-order valence-electron chi connectivity index (χ4n) is 2.26. The summed E-state index contributed by atoms with van der Waals surface area (Å²) in [5.74, 6) is 1.57. The van der Waals surface area contributed by atoms with Crippen molar-refractivity contribution in [3.63, 3.8) is 0 Å². The standard InChI is InChI=1S/C17H21BrN2O3S/c1-20(10-15-9-13(18)11-24-15)17(21)19-7-6-12-8-14(22-2)4-5-16(12)23-3/h4-5,8-9,11H,6-7,10H2,1-3H3,(H,19,21). The number of thiophene rings is 1. The number of nitrogens with zero attached hydrogens (tertiary/aromatic N) is 1. The molecule has 0 saturated carbocycles. The number of carbonyl (C=O) groups excluding carboxylic acids is 1. The summed E-state index contributed by atoms with van der Waals surface area (Å²) in [6.07, 6.45) is 0.671. The molecule has 0 aliphatic rings. The van der Waals surface area contributed by atoms with E-state index in [4.69, 9.17) is 9.47 Å².